The smallest absolute Gasteiger partial charge is 0.0449 e. The van der Waals surface area contributed by atoms with E-state index in [1.807, 2.05) is 0 Å². The van der Waals surface area contributed by atoms with Crippen LogP contribution in [0.1, 0.15) is 55.5 Å². The van der Waals surface area contributed by atoms with E-state index >= 15 is 0 Å². The van der Waals surface area contributed by atoms with Crippen molar-refractivity contribution in [2.24, 2.45) is 0 Å². The molecule has 0 bridgehead atoms. The Bertz CT molecular complexity index is 406. The topological polar surface area (TPSA) is 23.5 Å². The molecule has 2 nitrogen and oxygen atoms in total. The van der Waals surface area contributed by atoms with Crippen LogP contribution < -0.4 is 0 Å². The first-order chi connectivity index (χ1) is 8.68. The van der Waals surface area contributed by atoms with E-state index in [0.29, 0.717) is 6.04 Å². The Hall–Kier alpha value is -0.860. The second kappa shape index (κ2) is 6.06. The molecule has 0 spiro atoms. The van der Waals surface area contributed by atoms with E-state index in [2.05, 4.69) is 65.7 Å². The molecule has 0 aromatic heterocycles. The third-order valence-electron chi connectivity index (χ3n) is 3.82. The van der Waals surface area contributed by atoms with Gasteiger partial charge in [0.05, 0.1) is 0 Å². The van der Waals surface area contributed by atoms with Crippen molar-refractivity contribution >= 4 is 0 Å². The normalized spacial score (nSPS) is 13.9. The van der Waals surface area contributed by atoms with Gasteiger partial charge in [0.1, 0.15) is 0 Å². The highest BCUT2D eigenvalue weighted by atomic mass is 16.3. The molecular formula is C17H29NO. The van der Waals surface area contributed by atoms with Gasteiger partial charge in [0.2, 0.25) is 0 Å². The molecule has 1 rings (SSSR count). The predicted octanol–water partition coefficient (Wildman–Crippen LogP) is 3.59. The van der Waals surface area contributed by atoms with Crippen LogP contribution >= 0.6 is 0 Å². The van der Waals surface area contributed by atoms with Gasteiger partial charge in [-0.3, -0.25) is 0 Å². The van der Waals surface area contributed by atoms with E-state index in [9.17, 15) is 5.11 Å². The molecule has 0 aliphatic heterocycles. The lowest BCUT2D eigenvalue weighted by atomic mass is 9.82. The Kier molecular flexibility index (Phi) is 5.17. The molecule has 0 amide bonds. The van der Waals surface area contributed by atoms with Gasteiger partial charge in [-0.15, -0.1) is 0 Å². The number of hydrogen-bond donors (Lipinski definition) is 1. The number of rotatable bonds is 4. The summed E-state index contributed by atoms with van der Waals surface area (Å²) < 4.78 is 0. The van der Waals surface area contributed by atoms with Crippen LogP contribution in [-0.4, -0.2) is 30.7 Å². The predicted molar refractivity (Wildman–Crippen MR) is 82.7 cm³/mol. The molecule has 1 aromatic carbocycles. The monoisotopic (exact) mass is 263 g/mol. The van der Waals surface area contributed by atoms with E-state index in [1.165, 1.54) is 22.3 Å². The van der Waals surface area contributed by atoms with Crippen molar-refractivity contribution in [2.75, 3.05) is 20.7 Å². The molecule has 1 atom stereocenters. The lowest BCUT2D eigenvalue weighted by molar-refractivity contribution is 0.210. The SMILES string of the molecule is Cc1cc(C(C)(C)C)cc(C)c1C(CCO)N(C)C. The summed E-state index contributed by atoms with van der Waals surface area (Å²) in [7, 11) is 4.16. The van der Waals surface area contributed by atoms with Crippen molar-refractivity contribution in [3.8, 4) is 0 Å². The van der Waals surface area contributed by atoms with E-state index in [1.54, 1.807) is 0 Å². The largest absolute Gasteiger partial charge is 0.396 e. The van der Waals surface area contributed by atoms with E-state index < -0.39 is 0 Å². The van der Waals surface area contributed by atoms with Gasteiger partial charge in [0.25, 0.3) is 0 Å². The number of aliphatic hydroxyl groups excluding tert-OH is 1. The zero-order valence-corrected chi connectivity index (χ0v) is 13.5. The average Bonchev–Trinajstić information content (AvgIpc) is 2.25. The summed E-state index contributed by atoms with van der Waals surface area (Å²) in [6, 6.07) is 4.89. The number of benzene rings is 1. The average molecular weight is 263 g/mol. The third kappa shape index (κ3) is 3.80. The molecule has 1 unspecified atom stereocenters. The van der Waals surface area contributed by atoms with Gasteiger partial charge < -0.3 is 10.0 Å². The number of nitrogens with zero attached hydrogens (tertiary/aromatic N) is 1. The van der Waals surface area contributed by atoms with Crippen LogP contribution in [-0.2, 0) is 5.41 Å². The molecule has 0 saturated heterocycles. The summed E-state index contributed by atoms with van der Waals surface area (Å²) in [5.74, 6) is 0. The standard InChI is InChI=1S/C17H29NO/c1-12-10-14(17(3,4)5)11-13(2)16(12)15(8-9-19)18(6)7/h10-11,15,19H,8-9H2,1-7H3. The summed E-state index contributed by atoms with van der Waals surface area (Å²) in [4.78, 5) is 2.20. The molecule has 1 N–H and O–H groups in total. The third-order valence-corrected chi connectivity index (χ3v) is 3.82. The van der Waals surface area contributed by atoms with Crippen LogP contribution in [0.3, 0.4) is 0 Å². The minimum atomic E-state index is 0.179. The van der Waals surface area contributed by atoms with Crippen molar-refractivity contribution < 1.29 is 5.11 Å². The highest BCUT2D eigenvalue weighted by molar-refractivity contribution is 5.42. The zero-order chi connectivity index (χ0) is 14.8. The molecule has 0 heterocycles. The lowest BCUT2D eigenvalue weighted by Gasteiger charge is -2.29. The van der Waals surface area contributed by atoms with Gasteiger partial charge in [-0.1, -0.05) is 32.9 Å². The van der Waals surface area contributed by atoms with E-state index in [4.69, 9.17) is 0 Å². The van der Waals surface area contributed by atoms with Gasteiger partial charge >= 0.3 is 0 Å². The van der Waals surface area contributed by atoms with Crippen LogP contribution in [0.2, 0.25) is 0 Å². The minimum absolute atomic E-state index is 0.179. The Morgan fingerprint density at radius 3 is 1.89 bits per heavy atom. The first-order valence-corrected chi connectivity index (χ1v) is 7.07. The quantitative estimate of drug-likeness (QED) is 0.897. The summed E-state index contributed by atoms with van der Waals surface area (Å²) >= 11 is 0. The second-order valence-electron chi connectivity index (χ2n) is 6.77. The van der Waals surface area contributed by atoms with Gasteiger partial charge in [-0.25, -0.2) is 0 Å². The molecule has 0 fully saturated rings. The van der Waals surface area contributed by atoms with Crippen LogP contribution in [0.5, 0.6) is 0 Å². The van der Waals surface area contributed by atoms with Crippen LogP contribution in [0, 0.1) is 13.8 Å². The van der Waals surface area contributed by atoms with Gasteiger partial charge in [-0.2, -0.15) is 0 Å². The Labute approximate surface area is 118 Å². The molecule has 0 aliphatic carbocycles. The van der Waals surface area contributed by atoms with Crippen molar-refractivity contribution in [3.05, 3.63) is 34.4 Å². The van der Waals surface area contributed by atoms with E-state index in [0.717, 1.165) is 6.42 Å². The first-order valence-electron chi connectivity index (χ1n) is 7.07. The molecule has 2 heteroatoms. The van der Waals surface area contributed by atoms with Gasteiger partial charge in [0, 0.05) is 12.6 Å². The highest BCUT2D eigenvalue weighted by Crippen LogP contribution is 2.32. The Balaban J connectivity index is 3.30. The number of aryl methyl sites for hydroxylation is 2. The summed E-state index contributed by atoms with van der Waals surface area (Å²) in [6.45, 7) is 11.3. The van der Waals surface area contributed by atoms with Gasteiger partial charge in [-0.05, 0) is 62.0 Å². The molecule has 19 heavy (non-hydrogen) atoms. The first kappa shape index (κ1) is 16.2. The number of hydrogen-bond acceptors (Lipinski definition) is 2. The highest BCUT2D eigenvalue weighted by Gasteiger charge is 2.21. The summed E-state index contributed by atoms with van der Waals surface area (Å²) in [6.07, 6.45) is 0.781. The summed E-state index contributed by atoms with van der Waals surface area (Å²) in [5.41, 5.74) is 5.59. The Morgan fingerprint density at radius 2 is 1.58 bits per heavy atom. The van der Waals surface area contributed by atoms with Crippen molar-refractivity contribution in [1.82, 2.24) is 4.90 Å². The maximum absolute atomic E-state index is 9.29. The molecule has 0 aliphatic rings. The van der Waals surface area contributed by atoms with Crippen molar-refractivity contribution in [3.63, 3.8) is 0 Å². The maximum atomic E-state index is 9.29. The molecule has 108 valence electrons. The van der Waals surface area contributed by atoms with Crippen LogP contribution in [0.25, 0.3) is 0 Å². The minimum Gasteiger partial charge on any atom is -0.396 e. The maximum Gasteiger partial charge on any atom is 0.0449 e. The molecular weight excluding hydrogens is 234 g/mol. The molecule has 0 radical (unpaired) electrons. The Morgan fingerprint density at radius 1 is 1.11 bits per heavy atom. The number of aliphatic hydroxyl groups is 1. The van der Waals surface area contributed by atoms with Crippen molar-refractivity contribution in [1.29, 1.82) is 0 Å². The van der Waals surface area contributed by atoms with Crippen molar-refractivity contribution in [2.45, 2.75) is 52.5 Å². The van der Waals surface area contributed by atoms with E-state index in [-0.39, 0.29) is 12.0 Å². The summed E-state index contributed by atoms with van der Waals surface area (Å²) in [5, 5.41) is 9.29. The fourth-order valence-electron chi connectivity index (χ4n) is 2.72. The van der Waals surface area contributed by atoms with Crippen LogP contribution in [0.15, 0.2) is 12.1 Å². The second-order valence-corrected chi connectivity index (χ2v) is 6.77. The van der Waals surface area contributed by atoms with Crippen LogP contribution in [0.4, 0.5) is 0 Å². The molecule has 1 aromatic rings. The zero-order valence-electron chi connectivity index (χ0n) is 13.5. The lowest BCUT2D eigenvalue weighted by Crippen LogP contribution is -2.23. The molecule has 0 saturated carbocycles. The fraction of sp³-hybridized carbons (Fsp3) is 0.647. The fourth-order valence-corrected chi connectivity index (χ4v) is 2.72. The van der Waals surface area contributed by atoms with Gasteiger partial charge in [0.15, 0.2) is 0 Å².